The van der Waals surface area contributed by atoms with Crippen molar-refractivity contribution in [3.63, 3.8) is 0 Å². The molecule has 3 aliphatic rings. The van der Waals surface area contributed by atoms with Crippen molar-refractivity contribution >= 4 is 50.9 Å². The van der Waals surface area contributed by atoms with Crippen molar-refractivity contribution in [1.82, 2.24) is 14.6 Å². The number of alkyl halides is 2. The quantitative estimate of drug-likeness (QED) is 0.396. The number of sulfonamides is 1. The third-order valence-corrected chi connectivity index (χ3v) is 10.7. The van der Waals surface area contributed by atoms with Crippen LogP contribution in [0.15, 0.2) is 41.3 Å². The number of anilines is 2. The topological polar surface area (TPSA) is 146 Å². The summed E-state index contributed by atoms with van der Waals surface area (Å²) in [6, 6.07) is 8.72. The zero-order chi connectivity index (χ0) is 31.6. The van der Waals surface area contributed by atoms with E-state index >= 15 is 8.78 Å². The highest BCUT2D eigenvalue weighted by atomic mass is 35.5. The maximum Gasteiger partial charge on any atom is 0.276 e. The van der Waals surface area contributed by atoms with Gasteiger partial charge in [-0.25, -0.2) is 22.2 Å². The minimum atomic E-state index is -3.81. The summed E-state index contributed by atoms with van der Waals surface area (Å²) in [5, 5.41) is 2.34. The Kier molecular flexibility index (Phi) is 9.42. The van der Waals surface area contributed by atoms with Crippen molar-refractivity contribution in [2.24, 2.45) is 17.6 Å². The molecule has 3 N–H and O–H groups in total. The van der Waals surface area contributed by atoms with E-state index in [0.717, 1.165) is 12.5 Å². The molecule has 2 aliphatic heterocycles. The number of primary amides is 1. The Balaban J connectivity index is 1.21. The van der Waals surface area contributed by atoms with Crippen LogP contribution in [-0.2, 0) is 30.3 Å². The van der Waals surface area contributed by atoms with E-state index in [-0.39, 0.29) is 91.7 Å². The molecular weight excluding hydrogens is 618 g/mol. The number of carbonyl (C=O) groups is 3. The van der Waals surface area contributed by atoms with Gasteiger partial charge in [0.05, 0.1) is 11.4 Å². The fraction of sp³-hybridized carbons (Fsp3) is 0.517. The zero-order valence-corrected chi connectivity index (χ0v) is 25.6. The molecule has 0 bridgehead atoms. The number of rotatable bonds is 9. The van der Waals surface area contributed by atoms with Crippen molar-refractivity contribution < 1.29 is 31.6 Å². The minimum Gasteiger partial charge on any atom is -0.368 e. The van der Waals surface area contributed by atoms with E-state index in [1.54, 1.807) is 21.9 Å². The lowest BCUT2D eigenvalue weighted by Gasteiger charge is -2.36. The van der Waals surface area contributed by atoms with Crippen molar-refractivity contribution in [1.29, 1.82) is 0 Å². The molecule has 0 spiro atoms. The number of hydrogen-bond acceptors (Lipinski definition) is 7. The first kappa shape index (κ1) is 32.0. The third kappa shape index (κ3) is 6.81. The normalized spacial score (nSPS) is 21.8. The van der Waals surface area contributed by atoms with Crippen LogP contribution in [0.1, 0.15) is 44.1 Å². The summed E-state index contributed by atoms with van der Waals surface area (Å²) in [5.74, 6) is -5.48. The predicted octanol–water partition coefficient (Wildman–Crippen LogP) is 2.87. The third-order valence-electron chi connectivity index (χ3n) is 8.64. The van der Waals surface area contributed by atoms with E-state index in [1.165, 1.54) is 22.5 Å². The summed E-state index contributed by atoms with van der Waals surface area (Å²) < 4.78 is 59.4. The number of carbonyl (C=O) groups excluding carboxylic acids is 3. The van der Waals surface area contributed by atoms with Gasteiger partial charge in [0.1, 0.15) is 11.0 Å². The Morgan fingerprint density at radius 3 is 2.27 bits per heavy atom. The van der Waals surface area contributed by atoms with Gasteiger partial charge in [0.15, 0.2) is 0 Å². The van der Waals surface area contributed by atoms with Crippen molar-refractivity contribution in [2.75, 3.05) is 49.1 Å². The Labute approximate surface area is 259 Å². The molecular formula is C29H35ClF2N6O5S. The number of benzene rings is 1. The minimum absolute atomic E-state index is 0.0161. The van der Waals surface area contributed by atoms with Gasteiger partial charge in [0.2, 0.25) is 27.7 Å². The molecule has 1 aromatic carbocycles. The molecule has 238 valence electrons. The summed E-state index contributed by atoms with van der Waals surface area (Å²) in [4.78, 5) is 42.9. The summed E-state index contributed by atoms with van der Waals surface area (Å²) in [6.45, 7) is 1.01. The fourth-order valence-corrected chi connectivity index (χ4v) is 7.76. The van der Waals surface area contributed by atoms with Crippen LogP contribution in [0.3, 0.4) is 0 Å². The molecule has 2 aromatic rings. The molecule has 2 saturated heterocycles. The molecule has 0 unspecified atom stereocenters. The molecule has 0 atom stereocenters. The zero-order valence-electron chi connectivity index (χ0n) is 24.1. The number of piperazine rings is 1. The van der Waals surface area contributed by atoms with E-state index in [0.29, 0.717) is 18.7 Å². The SMILES string of the molecule is NC(=O)CNC(=O)[C@H]1CC[C@@H](C(F)(F)c2cc(Cl)nc(N3CCN(S(=O)(=O)c4ccc(N5CCCC5=O)cc4)CC3)c2)CC1. The first-order valence-electron chi connectivity index (χ1n) is 14.6. The average molecular weight is 653 g/mol. The lowest BCUT2D eigenvalue weighted by atomic mass is 9.77. The van der Waals surface area contributed by atoms with Gasteiger partial charge < -0.3 is 20.9 Å². The molecule has 0 radical (unpaired) electrons. The summed E-state index contributed by atoms with van der Waals surface area (Å²) in [6.07, 6.45) is 1.99. The van der Waals surface area contributed by atoms with Gasteiger partial charge in [-0.3, -0.25) is 14.4 Å². The van der Waals surface area contributed by atoms with Crippen LogP contribution in [0.25, 0.3) is 0 Å². The van der Waals surface area contributed by atoms with Crippen LogP contribution in [-0.4, -0.2) is 74.7 Å². The first-order valence-corrected chi connectivity index (χ1v) is 16.5. The molecule has 5 rings (SSSR count). The smallest absolute Gasteiger partial charge is 0.276 e. The van der Waals surface area contributed by atoms with Crippen molar-refractivity contribution in [2.45, 2.75) is 49.3 Å². The van der Waals surface area contributed by atoms with E-state index < -0.39 is 33.7 Å². The van der Waals surface area contributed by atoms with Crippen molar-refractivity contribution in [3.8, 4) is 0 Å². The Morgan fingerprint density at radius 2 is 1.68 bits per heavy atom. The molecule has 44 heavy (non-hydrogen) atoms. The van der Waals surface area contributed by atoms with E-state index in [9.17, 15) is 22.8 Å². The number of pyridine rings is 1. The molecule has 15 heteroatoms. The van der Waals surface area contributed by atoms with Gasteiger partial charge in [-0.2, -0.15) is 4.31 Å². The second-order valence-corrected chi connectivity index (χ2v) is 13.8. The van der Waals surface area contributed by atoms with E-state index in [4.69, 9.17) is 17.3 Å². The van der Waals surface area contributed by atoms with Gasteiger partial charge in [0.25, 0.3) is 5.92 Å². The Bertz CT molecular complexity index is 1510. The summed E-state index contributed by atoms with van der Waals surface area (Å²) in [5.41, 5.74) is 5.44. The molecule has 1 saturated carbocycles. The monoisotopic (exact) mass is 652 g/mol. The van der Waals surface area contributed by atoms with Gasteiger partial charge in [-0.15, -0.1) is 0 Å². The number of hydrogen-bond donors (Lipinski definition) is 2. The summed E-state index contributed by atoms with van der Waals surface area (Å²) in [7, 11) is -3.81. The lowest BCUT2D eigenvalue weighted by molar-refractivity contribution is -0.131. The van der Waals surface area contributed by atoms with Crippen LogP contribution in [0.2, 0.25) is 5.15 Å². The average Bonchev–Trinajstić information content (AvgIpc) is 3.45. The second kappa shape index (κ2) is 12.9. The van der Waals surface area contributed by atoms with Crippen molar-refractivity contribution in [3.05, 3.63) is 47.1 Å². The van der Waals surface area contributed by atoms with Gasteiger partial charge in [-0.1, -0.05) is 11.6 Å². The molecule has 3 fully saturated rings. The molecule has 11 nitrogen and oxygen atoms in total. The molecule has 1 aromatic heterocycles. The summed E-state index contributed by atoms with van der Waals surface area (Å²) >= 11 is 6.20. The number of aromatic nitrogens is 1. The van der Waals surface area contributed by atoms with Crippen LogP contribution in [0, 0.1) is 11.8 Å². The predicted molar refractivity (Wildman–Crippen MR) is 160 cm³/mol. The number of halogens is 3. The molecule has 3 amide bonds. The largest absolute Gasteiger partial charge is 0.368 e. The number of nitrogens with zero attached hydrogens (tertiary/aromatic N) is 4. The Morgan fingerprint density at radius 1 is 1.02 bits per heavy atom. The van der Waals surface area contributed by atoms with Gasteiger partial charge in [-0.05, 0) is 68.5 Å². The standard InChI is InChI=1S/C29H35ClF2N6O5S/c30-24-16-21(29(31,32)20-5-3-19(4-6-20)28(41)34-18-25(33)39)17-26(35-24)36-12-14-37(15-13-36)44(42,43)23-9-7-22(8-10-23)38-11-1-2-27(38)40/h7-10,16-17,19-20H,1-6,11-15,18H2,(H2,33,39)(H,34,41)/t19-,20+. The number of amides is 3. The molecule has 3 heterocycles. The highest BCUT2D eigenvalue weighted by Crippen LogP contribution is 2.46. The van der Waals surface area contributed by atoms with Crippen LogP contribution >= 0.6 is 11.6 Å². The van der Waals surface area contributed by atoms with Crippen LogP contribution in [0.5, 0.6) is 0 Å². The second-order valence-electron chi connectivity index (χ2n) is 11.4. The highest BCUT2D eigenvalue weighted by Gasteiger charge is 2.44. The first-order chi connectivity index (χ1) is 20.9. The van der Waals surface area contributed by atoms with E-state index in [1.807, 2.05) is 0 Å². The van der Waals surface area contributed by atoms with Gasteiger partial charge >= 0.3 is 0 Å². The van der Waals surface area contributed by atoms with Crippen LogP contribution < -0.4 is 20.9 Å². The number of nitrogens with two attached hydrogens (primary N) is 1. The van der Waals surface area contributed by atoms with Crippen LogP contribution in [0.4, 0.5) is 20.3 Å². The van der Waals surface area contributed by atoms with E-state index in [2.05, 4.69) is 10.3 Å². The van der Waals surface area contributed by atoms with Gasteiger partial charge in [0, 0.05) is 62.2 Å². The number of nitrogens with one attached hydrogen (secondary N) is 1. The maximum absolute atomic E-state index is 15.7. The lowest BCUT2D eigenvalue weighted by Crippen LogP contribution is -2.49. The Hall–Kier alpha value is -3.36. The maximum atomic E-state index is 15.7. The highest BCUT2D eigenvalue weighted by molar-refractivity contribution is 7.89. The molecule has 1 aliphatic carbocycles. The fourth-order valence-electron chi connectivity index (χ4n) is 6.14.